The van der Waals surface area contributed by atoms with E-state index in [2.05, 4.69) is 41.3 Å². The lowest BCUT2D eigenvalue weighted by Gasteiger charge is -2.19. The van der Waals surface area contributed by atoms with Crippen LogP contribution in [0.15, 0.2) is 18.3 Å². The summed E-state index contributed by atoms with van der Waals surface area (Å²) in [6, 6.07) is 3.85. The Bertz CT molecular complexity index is 439. The number of hydrogen-bond donors (Lipinski definition) is 2. The molecule has 2 N–H and O–H groups in total. The summed E-state index contributed by atoms with van der Waals surface area (Å²) in [5.41, 5.74) is 1.85. The second kappa shape index (κ2) is 2.97. The van der Waals surface area contributed by atoms with Crippen molar-refractivity contribution in [3.63, 3.8) is 0 Å². The number of anilines is 1. The SMILES string of the molecule is CC(C)(C)Nc1n[nH]c2cccnc12. The van der Waals surface area contributed by atoms with Gasteiger partial charge in [-0.2, -0.15) is 5.10 Å². The maximum atomic E-state index is 4.27. The van der Waals surface area contributed by atoms with Gasteiger partial charge in [-0.1, -0.05) is 0 Å². The number of fused-ring (bicyclic) bond motifs is 1. The molecular formula is C10H14N4. The molecule has 0 aliphatic heterocycles. The number of pyridine rings is 1. The van der Waals surface area contributed by atoms with Crippen LogP contribution in [0.4, 0.5) is 5.82 Å². The van der Waals surface area contributed by atoms with E-state index < -0.39 is 0 Å². The van der Waals surface area contributed by atoms with Crippen LogP contribution in [0.5, 0.6) is 0 Å². The van der Waals surface area contributed by atoms with Gasteiger partial charge in [-0.05, 0) is 32.9 Å². The number of hydrogen-bond acceptors (Lipinski definition) is 3. The van der Waals surface area contributed by atoms with Crippen molar-refractivity contribution in [3.8, 4) is 0 Å². The second-order valence-corrected chi connectivity index (χ2v) is 4.35. The fourth-order valence-corrected chi connectivity index (χ4v) is 1.30. The quantitative estimate of drug-likeness (QED) is 0.724. The lowest BCUT2D eigenvalue weighted by molar-refractivity contribution is 0.630. The van der Waals surface area contributed by atoms with E-state index in [4.69, 9.17) is 0 Å². The molecule has 0 aliphatic carbocycles. The Labute approximate surface area is 82.7 Å². The van der Waals surface area contributed by atoms with Crippen LogP contribution in [0, 0.1) is 0 Å². The van der Waals surface area contributed by atoms with Gasteiger partial charge in [0.1, 0.15) is 5.52 Å². The maximum absolute atomic E-state index is 4.27. The number of nitrogens with one attached hydrogen (secondary N) is 2. The van der Waals surface area contributed by atoms with Crippen LogP contribution < -0.4 is 5.32 Å². The van der Waals surface area contributed by atoms with E-state index in [9.17, 15) is 0 Å². The molecule has 2 heterocycles. The summed E-state index contributed by atoms with van der Waals surface area (Å²) in [6.07, 6.45) is 1.77. The van der Waals surface area contributed by atoms with Gasteiger partial charge >= 0.3 is 0 Å². The molecule has 0 amide bonds. The number of H-pyrrole nitrogens is 1. The number of nitrogens with zero attached hydrogens (tertiary/aromatic N) is 2. The zero-order valence-corrected chi connectivity index (χ0v) is 8.63. The molecule has 74 valence electrons. The van der Waals surface area contributed by atoms with Crippen molar-refractivity contribution in [1.29, 1.82) is 0 Å². The minimum Gasteiger partial charge on any atom is -0.362 e. The monoisotopic (exact) mass is 190 g/mol. The molecule has 4 heteroatoms. The van der Waals surface area contributed by atoms with Crippen molar-refractivity contribution in [2.24, 2.45) is 0 Å². The Morgan fingerprint density at radius 2 is 2.14 bits per heavy atom. The highest BCUT2D eigenvalue weighted by atomic mass is 15.2. The first-order valence-corrected chi connectivity index (χ1v) is 4.63. The summed E-state index contributed by atoms with van der Waals surface area (Å²) in [5, 5.41) is 10.4. The van der Waals surface area contributed by atoms with Gasteiger partial charge in [0.15, 0.2) is 5.82 Å². The average molecular weight is 190 g/mol. The smallest absolute Gasteiger partial charge is 0.174 e. The van der Waals surface area contributed by atoms with Crippen molar-refractivity contribution in [3.05, 3.63) is 18.3 Å². The number of rotatable bonds is 1. The van der Waals surface area contributed by atoms with Gasteiger partial charge in [0.2, 0.25) is 0 Å². The summed E-state index contributed by atoms with van der Waals surface area (Å²) in [7, 11) is 0. The molecule has 0 atom stereocenters. The van der Waals surface area contributed by atoms with Crippen molar-refractivity contribution in [2.75, 3.05) is 5.32 Å². The lowest BCUT2D eigenvalue weighted by Crippen LogP contribution is -2.26. The van der Waals surface area contributed by atoms with E-state index in [0.717, 1.165) is 16.9 Å². The van der Waals surface area contributed by atoms with Crippen LogP contribution in [0.2, 0.25) is 0 Å². The Balaban J connectivity index is 2.44. The molecule has 0 fully saturated rings. The minimum atomic E-state index is -0.000352. The summed E-state index contributed by atoms with van der Waals surface area (Å²) >= 11 is 0. The Morgan fingerprint density at radius 1 is 1.36 bits per heavy atom. The molecule has 0 aromatic carbocycles. The molecule has 0 spiro atoms. The molecule has 2 rings (SSSR count). The topological polar surface area (TPSA) is 53.6 Å². The van der Waals surface area contributed by atoms with Crippen LogP contribution in [0.1, 0.15) is 20.8 Å². The van der Waals surface area contributed by atoms with Crippen molar-refractivity contribution in [2.45, 2.75) is 26.3 Å². The third-order valence-corrected chi connectivity index (χ3v) is 1.81. The van der Waals surface area contributed by atoms with Gasteiger partial charge in [-0.15, -0.1) is 0 Å². The molecular weight excluding hydrogens is 176 g/mol. The molecule has 14 heavy (non-hydrogen) atoms. The zero-order chi connectivity index (χ0) is 10.2. The van der Waals surface area contributed by atoms with Gasteiger partial charge in [0.05, 0.1) is 5.52 Å². The first kappa shape index (κ1) is 8.99. The van der Waals surface area contributed by atoms with Crippen LogP contribution in [-0.4, -0.2) is 20.7 Å². The van der Waals surface area contributed by atoms with Gasteiger partial charge in [-0.25, -0.2) is 0 Å². The Hall–Kier alpha value is -1.58. The maximum Gasteiger partial charge on any atom is 0.174 e. The summed E-state index contributed by atoms with van der Waals surface area (Å²) in [4.78, 5) is 4.27. The largest absolute Gasteiger partial charge is 0.362 e. The lowest BCUT2D eigenvalue weighted by atomic mass is 10.1. The van der Waals surface area contributed by atoms with Crippen LogP contribution >= 0.6 is 0 Å². The number of aromatic amines is 1. The highest BCUT2D eigenvalue weighted by molar-refractivity contribution is 5.85. The Morgan fingerprint density at radius 3 is 2.86 bits per heavy atom. The molecule has 0 radical (unpaired) electrons. The van der Waals surface area contributed by atoms with Crippen molar-refractivity contribution >= 4 is 16.9 Å². The Kier molecular flexibility index (Phi) is 1.91. The van der Waals surface area contributed by atoms with Crippen molar-refractivity contribution < 1.29 is 0 Å². The average Bonchev–Trinajstić information content (AvgIpc) is 2.47. The first-order valence-electron chi connectivity index (χ1n) is 4.63. The predicted molar refractivity (Wildman–Crippen MR) is 57.3 cm³/mol. The highest BCUT2D eigenvalue weighted by Crippen LogP contribution is 2.20. The minimum absolute atomic E-state index is 0.000352. The standard InChI is InChI=1S/C10H14N4/c1-10(2,3)12-9-8-7(13-14-9)5-4-6-11-8/h4-6H,1-3H3,(H2,12,13,14). The molecule has 2 aromatic rings. The summed E-state index contributed by atoms with van der Waals surface area (Å²) in [5.74, 6) is 0.813. The van der Waals surface area contributed by atoms with Crippen LogP contribution in [-0.2, 0) is 0 Å². The normalized spacial score (nSPS) is 11.9. The van der Waals surface area contributed by atoms with E-state index in [1.807, 2.05) is 12.1 Å². The van der Waals surface area contributed by atoms with Crippen LogP contribution in [0.25, 0.3) is 11.0 Å². The van der Waals surface area contributed by atoms with E-state index in [1.165, 1.54) is 0 Å². The summed E-state index contributed by atoms with van der Waals surface area (Å²) < 4.78 is 0. The van der Waals surface area contributed by atoms with Gasteiger partial charge in [0.25, 0.3) is 0 Å². The molecule has 0 saturated heterocycles. The van der Waals surface area contributed by atoms with Crippen molar-refractivity contribution in [1.82, 2.24) is 15.2 Å². The van der Waals surface area contributed by atoms with E-state index in [-0.39, 0.29) is 5.54 Å². The zero-order valence-electron chi connectivity index (χ0n) is 8.63. The van der Waals surface area contributed by atoms with Gasteiger partial charge in [0, 0.05) is 11.7 Å². The van der Waals surface area contributed by atoms with Crippen LogP contribution in [0.3, 0.4) is 0 Å². The third kappa shape index (κ3) is 1.69. The second-order valence-electron chi connectivity index (χ2n) is 4.35. The van der Waals surface area contributed by atoms with E-state index in [0.29, 0.717) is 0 Å². The molecule has 0 bridgehead atoms. The van der Waals surface area contributed by atoms with Gasteiger partial charge < -0.3 is 5.32 Å². The van der Waals surface area contributed by atoms with E-state index >= 15 is 0 Å². The fraction of sp³-hybridized carbons (Fsp3) is 0.400. The predicted octanol–water partition coefficient (Wildman–Crippen LogP) is 2.17. The van der Waals surface area contributed by atoms with E-state index in [1.54, 1.807) is 6.20 Å². The highest BCUT2D eigenvalue weighted by Gasteiger charge is 2.13. The molecule has 4 nitrogen and oxygen atoms in total. The third-order valence-electron chi connectivity index (χ3n) is 1.81. The molecule has 0 aliphatic rings. The molecule has 0 unspecified atom stereocenters. The summed E-state index contributed by atoms with van der Waals surface area (Å²) in [6.45, 7) is 6.28. The fourth-order valence-electron chi connectivity index (χ4n) is 1.30. The van der Waals surface area contributed by atoms with Gasteiger partial charge in [-0.3, -0.25) is 10.1 Å². The molecule has 2 aromatic heterocycles. The number of aromatic nitrogens is 3. The molecule has 0 saturated carbocycles. The first-order chi connectivity index (χ1) is 6.56.